The summed E-state index contributed by atoms with van der Waals surface area (Å²) in [5.41, 5.74) is 0.414. The van der Waals surface area contributed by atoms with Crippen LogP contribution in [0.2, 0.25) is 0 Å². The molecule has 0 radical (unpaired) electrons. The van der Waals surface area contributed by atoms with Crippen molar-refractivity contribution in [3.05, 3.63) is 0 Å². The number of nitrogens with one attached hydrogen (secondary N) is 1. The summed E-state index contributed by atoms with van der Waals surface area (Å²) in [4.78, 5) is 10.9. The third kappa shape index (κ3) is 0.533. The Bertz CT molecular complexity index is 160. The average molecular weight is 125 g/mol. The molecule has 0 bridgehead atoms. The third-order valence-electron chi connectivity index (χ3n) is 2.82. The van der Waals surface area contributed by atoms with E-state index in [0.29, 0.717) is 5.41 Å². The second-order valence-electron chi connectivity index (χ2n) is 3.30. The largest absolute Gasteiger partial charge is 0.355 e. The lowest BCUT2D eigenvalue weighted by Gasteiger charge is -2.06. The molecular weight excluding hydrogens is 114 g/mol. The van der Waals surface area contributed by atoms with E-state index >= 15 is 0 Å². The molecule has 0 aromatic carbocycles. The van der Waals surface area contributed by atoms with Crippen LogP contribution in [0.25, 0.3) is 0 Å². The van der Waals surface area contributed by atoms with E-state index in [1.54, 1.807) is 0 Å². The Balaban J connectivity index is 2.22. The van der Waals surface area contributed by atoms with E-state index in [1.807, 2.05) is 6.92 Å². The van der Waals surface area contributed by atoms with E-state index in [9.17, 15) is 4.79 Å². The standard InChI is InChI=1S/C7H11NO/c1-5-6(9)8-4-7(5)2-3-7/h5H,2-4H2,1H3,(H,8,9)/t5-/m0/s1. The molecule has 0 aromatic rings. The third-order valence-corrected chi connectivity index (χ3v) is 2.82. The minimum atomic E-state index is 0.257. The molecule has 1 spiro atoms. The Kier molecular flexibility index (Phi) is 0.765. The maximum atomic E-state index is 10.9. The first kappa shape index (κ1) is 5.27. The van der Waals surface area contributed by atoms with Gasteiger partial charge in [-0.25, -0.2) is 0 Å². The number of carbonyl (C=O) groups excluding carboxylic acids is 1. The van der Waals surface area contributed by atoms with Gasteiger partial charge in [0.1, 0.15) is 0 Å². The second kappa shape index (κ2) is 1.31. The van der Waals surface area contributed by atoms with Gasteiger partial charge in [0.2, 0.25) is 5.91 Å². The SMILES string of the molecule is C[C@H]1C(=O)NCC12CC2. The van der Waals surface area contributed by atoms with Crippen molar-refractivity contribution in [2.24, 2.45) is 11.3 Å². The summed E-state index contributed by atoms with van der Waals surface area (Å²) in [6.45, 7) is 2.97. The van der Waals surface area contributed by atoms with Crippen LogP contribution in [0.5, 0.6) is 0 Å². The van der Waals surface area contributed by atoms with Gasteiger partial charge in [0, 0.05) is 12.5 Å². The summed E-state index contributed by atoms with van der Waals surface area (Å²) >= 11 is 0. The molecule has 1 amide bonds. The van der Waals surface area contributed by atoms with Crippen molar-refractivity contribution < 1.29 is 4.79 Å². The monoisotopic (exact) mass is 125 g/mol. The Morgan fingerprint density at radius 1 is 1.67 bits per heavy atom. The fourth-order valence-electron chi connectivity index (χ4n) is 1.62. The summed E-state index contributed by atoms with van der Waals surface area (Å²) in [5.74, 6) is 0.546. The predicted molar refractivity (Wildman–Crippen MR) is 33.8 cm³/mol. The van der Waals surface area contributed by atoms with Gasteiger partial charge in [-0.3, -0.25) is 4.79 Å². The van der Waals surface area contributed by atoms with Gasteiger partial charge < -0.3 is 5.32 Å². The number of rotatable bonds is 0. The normalized spacial score (nSPS) is 37.0. The van der Waals surface area contributed by atoms with Gasteiger partial charge in [-0.1, -0.05) is 6.92 Å². The van der Waals surface area contributed by atoms with Crippen molar-refractivity contribution in [1.82, 2.24) is 5.32 Å². The van der Waals surface area contributed by atoms with Crippen molar-refractivity contribution in [3.63, 3.8) is 0 Å². The molecule has 2 heteroatoms. The predicted octanol–water partition coefficient (Wildman–Crippen LogP) is 0.532. The number of hydrogen-bond acceptors (Lipinski definition) is 1. The number of carbonyl (C=O) groups is 1. The summed E-state index contributed by atoms with van der Waals surface area (Å²) in [7, 11) is 0. The first-order chi connectivity index (χ1) is 4.25. The van der Waals surface area contributed by atoms with Crippen molar-refractivity contribution >= 4 is 5.91 Å². The lowest BCUT2D eigenvalue weighted by molar-refractivity contribution is -0.122. The van der Waals surface area contributed by atoms with Crippen LogP contribution < -0.4 is 5.32 Å². The van der Waals surface area contributed by atoms with Crippen LogP contribution in [0.4, 0.5) is 0 Å². The molecule has 0 unspecified atom stereocenters. The highest BCUT2D eigenvalue weighted by molar-refractivity contribution is 5.82. The van der Waals surface area contributed by atoms with Gasteiger partial charge in [0.05, 0.1) is 0 Å². The van der Waals surface area contributed by atoms with Gasteiger partial charge >= 0.3 is 0 Å². The summed E-state index contributed by atoms with van der Waals surface area (Å²) in [6, 6.07) is 0. The van der Waals surface area contributed by atoms with Gasteiger partial charge in [0.25, 0.3) is 0 Å². The molecule has 1 saturated carbocycles. The van der Waals surface area contributed by atoms with E-state index in [4.69, 9.17) is 0 Å². The lowest BCUT2D eigenvalue weighted by Crippen LogP contribution is -2.17. The lowest BCUT2D eigenvalue weighted by atomic mass is 9.95. The fraction of sp³-hybridized carbons (Fsp3) is 0.857. The zero-order chi connectivity index (χ0) is 6.48. The Morgan fingerprint density at radius 3 is 2.56 bits per heavy atom. The molecule has 2 rings (SSSR count). The molecule has 1 aliphatic heterocycles. The fourth-order valence-corrected chi connectivity index (χ4v) is 1.62. The van der Waals surface area contributed by atoms with Crippen LogP contribution in [0.3, 0.4) is 0 Å². The molecule has 1 saturated heterocycles. The summed E-state index contributed by atoms with van der Waals surface area (Å²) in [5, 5.41) is 2.88. The topological polar surface area (TPSA) is 29.1 Å². The molecule has 2 fully saturated rings. The van der Waals surface area contributed by atoms with Crippen LogP contribution in [0.1, 0.15) is 19.8 Å². The zero-order valence-corrected chi connectivity index (χ0v) is 5.61. The zero-order valence-electron chi connectivity index (χ0n) is 5.61. The molecule has 2 aliphatic rings. The van der Waals surface area contributed by atoms with Crippen LogP contribution in [0, 0.1) is 11.3 Å². The molecule has 2 nitrogen and oxygen atoms in total. The minimum absolute atomic E-state index is 0.257. The van der Waals surface area contributed by atoms with Crippen LogP contribution in [-0.2, 0) is 4.79 Å². The van der Waals surface area contributed by atoms with Crippen molar-refractivity contribution in [2.45, 2.75) is 19.8 Å². The van der Waals surface area contributed by atoms with Gasteiger partial charge in [-0.15, -0.1) is 0 Å². The molecule has 50 valence electrons. The molecule has 9 heavy (non-hydrogen) atoms. The van der Waals surface area contributed by atoms with E-state index in [0.717, 1.165) is 6.54 Å². The van der Waals surface area contributed by atoms with Crippen molar-refractivity contribution in [2.75, 3.05) is 6.54 Å². The number of hydrogen-bond donors (Lipinski definition) is 1. The van der Waals surface area contributed by atoms with E-state index in [1.165, 1.54) is 12.8 Å². The number of amides is 1. The second-order valence-corrected chi connectivity index (χ2v) is 3.30. The first-order valence-electron chi connectivity index (χ1n) is 3.52. The van der Waals surface area contributed by atoms with Crippen LogP contribution in [-0.4, -0.2) is 12.5 Å². The smallest absolute Gasteiger partial charge is 0.223 e. The van der Waals surface area contributed by atoms with Crippen LogP contribution in [0.15, 0.2) is 0 Å². The maximum absolute atomic E-state index is 10.9. The Hall–Kier alpha value is -0.530. The quantitative estimate of drug-likeness (QED) is 0.502. The molecule has 1 heterocycles. The van der Waals surface area contributed by atoms with Crippen LogP contribution >= 0.6 is 0 Å². The van der Waals surface area contributed by atoms with Crippen molar-refractivity contribution in [1.29, 1.82) is 0 Å². The minimum Gasteiger partial charge on any atom is -0.355 e. The summed E-state index contributed by atoms with van der Waals surface area (Å²) < 4.78 is 0. The highest BCUT2D eigenvalue weighted by atomic mass is 16.2. The van der Waals surface area contributed by atoms with Gasteiger partial charge in [0.15, 0.2) is 0 Å². The highest BCUT2D eigenvalue weighted by Crippen LogP contribution is 2.53. The van der Waals surface area contributed by atoms with Gasteiger partial charge in [-0.05, 0) is 18.3 Å². The molecular formula is C7H11NO. The first-order valence-corrected chi connectivity index (χ1v) is 3.52. The highest BCUT2D eigenvalue weighted by Gasteiger charge is 2.53. The Morgan fingerprint density at radius 2 is 2.33 bits per heavy atom. The maximum Gasteiger partial charge on any atom is 0.223 e. The van der Waals surface area contributed by atoms with Crippen molar-refractivity contribution in [3.8, 4) is 0 Å². The molecule has 1 N–H and O–H groups in total. The van der Waals surface area contributed by atoms with E-state index in [-0.39, 0.29) is 11.8 Å². The Labute approximate surface area is 54.6 Å². The average Bonchev–Trinajstić information content (AvgIpc) is 2.57. The molecule has 0 aromatic heterocycles. The van der Waals surface area contributed by atoms with E-state index in [2.05, 4.69) is 5.32 Å². The molecule has 1 atom stereocenters. The van der Waals surface area contributed by atoms with Gasteiger partial charge in [-0.2, -0.15) is 0 Å². The molecule has 1 aliphatic carbocycles. The van der Waals surface area contributed by atoms with E-state index < -0.39 is 0 Å². The summed E-state index contributed by atoms with van der Waals surface area (Å²) in [6.07, 6.45) is 2.51.